The molecule has 0 aliphatic carbocycles. The van der Waals surface area contributed by atoms with Gasteiger partial charge in [-0.25, -0.2) is 0 Å². The Kier molecular flexibility index (Phi) is 7.85. The first-order valence-corrected chi connectivity index (χ1v) is 7.80. The van der Waals surface area contributed by atoms with Crippen LogP contribution in [-0.2, 0) is 4.79 Å². The number of carbonyl (C=O) groups is 1. The van der Waals surface area contributed by atoms with Crippen LogP contribution in [0.1, 0.15) is 38.2 Å². The maximum absolute atomic E-state index is 11.0. The lowest BCUT2D eigenvalue weighted by Gasteiger charge is -2.10. The molecule has 1 N–H and O–H groups in total. The minimum atomic E-state index is -0.901. The first-order chi connectivity index (χ1) is 10.9. The number of benzene rings is 1. The first kappa shape index (κ1) is 19.3. The number of carboxylic acid groups (broad SMARTS) is 1. The Morgan fingerprint density at radius 3 is 2.61 bits per heavy atom. The highest BCUT2D eigenvalue weighted by atomic mass is 35.5. The SMILES string of the molecule is CCC/C(=C/c1ccc(OCCCC(=O)O)c(Cl)c1Cl)[N+](=O)[O-]. The number of halogens is 2. The molecule has 0 bridgehead atoms. The quantitative estimate of drug-likeness (QED) is 0.392. The zero-order valence-corrected chi connectivity index (χ0v) is 14.1. The molecule has 0 spiro atoms. The van der Waals surface area contributed by atoms with E-state index in [2.05, 4.69) is 0 Å². The molecule has 0 fully saturated rings. The molecule has 0 atom stereocenters. The third-order valence-electron chi connectivity index (χ3n) is 2.93. The predicted molar refractivity (Wildman–Crippen MR) is 88.7 cm³/mol. The normalized spacial score (nSPS) is 11.3. The van der Waals surface area contributed by atoms with Gasteiger partial charge in [0, 0.05) is 24.5 Å². The van der Waals surface area contributed by atoms with Gasteiger partial charge < -0.3 is 9.84 Å². The fourth-order valence-corrected chi connectivity index (χ4v) is 2.26. The Hall–Kier alpha value is -1.79. The van der Waals surface area contributed by atoms with Gasteiger partial charge in [-0.2, -0.15) is 0 Å². The minimum absolute atomic E-state index is 0.00458. The second-order valence-corrected chi connectivity index (χ2v) is 5.53. The standard InChI is InChI=1S/C15H17Cl2NO5/c1-2-4-11(18(21)22)9-10-6-7-12(15(17)14(10)16)23-8-3-5-13(19)20/h6-7,9H,2-5,8H2,1H3,(H,19,20)/b11-9-. The summed E-state index contributed by atoms with van der Waals surface area (Å²) >= 11 is 12.2. The molecule has 0 amide bonds. The largest absolute Gasteiger partial charge is 0.492 e. The van der Waals surface area contributed by atoms with E-state index in [4.69, 9.17) is 33.0 Å². The lowest BCUT2D eigenvalue weighted by Crippen LogP contribution is -2.02. The molecule has 0 unspecified atom stereocenters. The lowest BCUT2D eigenvalue weighted by molar-refractivity contribution is -0.426. The van der Waals surface area contributed by atoms with E-state index in [9.17, 15) is 14.9 Å². The molecule has 0 heterocycles. The number of nitro groups is 1. The highest BCUT2D eigenvalue weighted by Gasteiger charge is 2.14. The molecule has 0 aromatic heterocycles. The second-order valence-electron chi connectivity index (χ2n) is 4.77. The van der Waals surface area contributed by atoms with Gasteiger partial charge in [0.15, 0.2) is 0 Å². The molecule has 0 radical (unpaired) electrons. The van der Waals surface area contributed by atoms with Crippen LogP contribution in [0, 0.1) is 10.1 Å². The van der Waals surface area contributed by atoms with Crippen molar-refractivity contribution >= 4 is 35.2 Å². The van der Waals surface area contributed by atoms with E-state index in [0.717, 1.165) is 0 Å². The van der Waals surface area contributed by atoms with Crippen molar-refractivity contribution in [2.75, 3.05) is 6.61 Å². The van der Waals surface area contributed by atoms with Crippen LogP contribution < -0.4 is 4.74 Å². The van der Waals surface area contributed by atoms with Gasteiger partial charge in [-0.1, -0.05) is 30.1 Å². The van der Waals surface area contributed by atoms with Crippen molar-refractivity contribution in [3.8, 4) is 5.75 Å². The summed E-state index contributed by atoms with van der Waals surface area (Å²) in [7, 11) is 0. The Morgan fingerprint density at radius 1 is 1.35 bits per heavy atom. The van der Waals surface area contributed by atoms with Crippen molar-refractivity contribution in [1.29, 1.82) is 0 Å². The monoisotopic (exact) mass is 361 g/mol. The first-order valence-electron chi connectivity index (χ1n) is 7.04. The molecule has 6 nitrogen and oxygen atoms in total. The third kappa shape index (κ3) is 6.08. The molecule has 0 aliphatic heterocycles. The molecule has 0 saturated carbocycles. The highest BCUT2D eigenvalue weighted by Crippen LogP contribution is 2.36. The zero-order valence-electron chi connectivity index (χ0n) is 12.6. The molecule has 1 aromatic carbocycles. The molecule has 23 heavy (non-hydrogen) atoms. The van der Waals surface area contributed by atoms with E-state index < -0.39 is 10.9 Å². The summed E-state index contributed by atoms with van der Waals surface area (Å²) in [4.78, 5) is 21.0. The molecule has 0 aliphatic rings. The van der Waals surface area contributed by atoms with E-state index in [0.29, 0.717) is 30.6 Å². The maximum atomic E-state index is 11.0. The van der Waals surface area contributed by atoms with Crippen molar-refractivity contribution in [2.45, 2.75) is 32.6 Å². The number of hydrogen-bond acceptors (Lipinski definition) is 4. The van der Waals surface area contributed by atoms with Gasteiger partial charge in [0.2, 0.25) is 5.70 Å². The fourth-order valence-electron chi connectivity index (χ4n) is 1.83. The zero-order chi connectivity index (χ0) is 17.4. The number of carboxylic acids is 1. The molecule has 126 valence electrons. The van der Waals surface area contributed by atoms with E-state index in [1.165, 1.54) is 6.08 Å². The summed E-state index contributed by atoms with van der Waals surface area (Å²) < 4.78 is 5.39. The lowest BCUT2D eigenvalue weighted by atomic mass is 10.1. The summed E-state index contributed by atoms with van der Waals surface area (Å²) in [6.45, 7) is 2.04. The van der Waals surface area contributed by atoms with E-state index >= 15 is 0 Å². The number of ether oxygens (including phenoxy) is 1. The summed E-state index contributed by atoms with van der Waals surface area (Å²) in [6, 6.07) is 3.14. The fraction of sp³-hybridized carbons (Fsp3) is 0.400. The van der Waals surface area contributed by atoms with E-state index in [1.807, 2.05) is 6.92 Å². The van der Waals surface area contributed by atoms with Gasteiger partial charge in [-0.3, -0.25) is 14.9 Å². The van der Waals surface area contributed by atoms with Crippen molar-refractivity contribution in [3.05, 3.63) is 43.6 Å². The molecular formula is C15H17Cl2NO5. The van der Waals surface area contributed by atoms with Crippen LogP contribution in [0.25, 0.3) is 6.08 Å². The molecule has 0 saturated heterocycles. The Labute approximate surface area is 143 Å². The molecule has 1 aromatic rings. The van der Waals surface area contributed by atoms with Crippen LogP contribution in [0.5, 0.6) is 5.75 Å². The number of hydrogen-bond donors (Lipinski definition) is 1. The summed E-state index contributed by atoms with van der Waals surface area (Å²) in [5, 5.41) is 19.8. The number of allylic oxidation sites excluding steroid dienone is 1. The number of nitrogens with zero attached hydrogens (tertiary/aromatic N) is 1. The van der Waals surface area contributed by atoms with Gasteiger partial charge in [0.1, 0.15) is 10.8 Å². The van der Waals surface area contributed by atoms with Gasteiger partial charge in [-0.15, -0.1) is 0 Å². The van der Waals surface area contributed by atoms with Crippen molar-refractivity contribution in [1.82, 2.24) is 0 Å². The van der Waals surface area contributed by atoms with E-state index in [1.54, 1.807) is 12.1 Å². The van der Waals surface area contributed by atoms with Crippen molar-refractivity contribution in [2.24, 2.45) is 0 Å². The molecule has 1 rings (SSSR count). The van der Waals surface area contributed by atoms with Gasteiger partial charge in [-0.05, 0) is 25.0 Å². The smallest absolute Gasteiger partial charge is 0.303 e. The Balaban J connectivity index is 2.90. The molecule has 8 heteroatoms. The minimum Gasteiger partial charge on any atom is -0.492 e. The van der Waals surface area contributed by atoms with E-state index in [-0.39, 0.29) is 28.8 Å². The topological polar surface area (TPSA) is 89.7 Å². The van der Waals surface area contributed by atoms with Crippen LogP contribution in [0.3, 0.4) is 0 Å². The van der Waals surface area contributed by atoms with Crippen LogP contribution in [0.2, 0.25) is 10.0 Å². The third-order valence-corrected chi connectivity index (χ3v) is 3.81. The van der Waals surface area contributed by atoms with Crippen LogP contribution >= 0.6 is 23.2 Å². The Morgan fingerprint density at radius 2 is 2.04 bits per heavy atom. The summed E-state index contributed by atoms with van der Waals surface area (Å²) in [6.07, 6.45) is 2.70. The van der Waals surface area contributed by atoms with Gasteiger partial charge >= 0.3 is 5.97 Å². The predicted octanol–water partition coefficient (Wildman–Crippen LogP) is 4.65. The van der Waals surface area contributed by atoms with Crippen LogP contribution in [-0.4, -0.2) is 22.6 Å². The number of aliphatic carboxylic acids is 1. The van der Waals surface area contributed by atoms with Gasteiger partial charge in [0.25, 0.3) is 0 Å². The number of rotatable bonds is 9. The summed E-state index contributed by atoms with van der Waals surface area (Å²) in [5.41, 5.74) is 0.496. The summed E-state index contributed by atoms with van der Waals surface area (Å²) in [5.74, 6) is -0.584. The average Bonchev–Trinajstić information content (AvgIpc) is 2.49. The van der Waals surface area contributed by atoms with Crippen molar-refractivity contribution < 1.29 is 19.6 Å². The Bertz CT molecular complexity index is 616. The second kappa shape index (κ2) is 9.37. The highest BCUT2D eigenvalue weighted by molar-refractivity contribution is 6.43. The van der Waals surface area contributed by atoms with Crippen LogP contribution in [0.4, 0.5) is 0 Å². The van der Waals surface area contributed by atoms with Crippen LogP contribution in [0.15, 0.2) is 17.8 Å². The van der Waals surface area contributed by atoms with Crippen molar-refractivity contribution in [3.63, 3.8) is 0 Å². The maximum Gasteiger partial charge on any atom is 0.303 e. The molecular weight excluding hydrogens is 345 g/mol. The average molecular weight is 362 g/mol. The van der Waals surface area contributed by atoms with Gasteiger partial charge in [0.05, 0.1) is 16.6 Å².